The van der Waals surface area contributed by atoms with E-state index in [0.29, 0.717) is 12.3 Å². The van der Waals surface area contributed by atoms with Gasteiger partial charge >= 0.3 is 5.97 Å². The molecule has 3 aromatic rings. The molecule has 7 nitrogen and oxygen atoms in total. The van der Waals surface area contributed by atoms with Gasteiger partial charge in [0.2, 0.25) is 0 Å². The Morgan fingerprint density at radius 3 is 2.58 bits per heavy atom. The molecule has 0 aliphatic carbocycles. The lowest BCUT2D eigenvalue weighted by Gasteiger charge is -2.04. The smallest absolute Gasteiger partial charge is 0.340 e. The predicted octanol–water partition coefficient (Wildman–Crippen LogP) is 2.57. The molecule has 2 aromatic heterocycles. The summed E-state index contributed by atoms with van der Waals surface area (Å²) >= 11 is 1.43. The van der Waals surface area contributed by atoms with Crippen LogP contribution in [0.25, 0.3) is 0 Å². The molecule has 3 rings (SSSR count). The fraction of sp³-hybridized carbons (Fsp3) is 0.111. The summed E-state index contributed by atoms with van der Waals surface area (Å²) in [7, 11) is 0. The van der Waals surface area contributed by atoms with Gasteiger partial charge in [0, 0.05) is 11.6 Å². The van der Waals surface area contributed by atoms with Gasteiger partial charge in [-0.05, 0) is 24.3 Å². The number of aromatic nitrogens is 2. The summed E-state index contributed by atoms with van der Waals surface area (Å²) in [5.74, 6) is -0.441. The number of benzene rings is 1. The number of ether oxygens (including phenoxy) is 2. The molecule has 0 saturated heterocycles. The molecule has 8 heteroatoms. The van der Waals surface area contributed by atoms with E-state index in [-0.39, 0.29) is 17.9 Å². The van der Waals surface area contributed by atoms with Gasteiger partial charge in [0.1, 0.15) is 29.7 Å². The number of nitrogens with two attached hydrogens (primary N) is 1. The minimum Gasteiger partial charge on any atom is -0.486 e. The van der Waals surface area contributed by atoms with E-state index in [1.807, 2.05) is 35.7 Å². The van der Waals surface area contributed by atoms with Gasteiger partial charge in [-0.2, -0.15) is 0 Å². The number of thiazole rings is 1. The van der Waals surface area contributed by atoms with Crippen LogP contribution in [0.2, 0.25) is 0 Å². The Labute approximate surface area is 153 Å². The second kappa shape index (κ2) is 8.21. The van der Waals surface area contributed by atoms with Gasteiger partial charge in [-0.25, -0.2) is 9.78 Å². The normalized spacial score (nSPS) is 10.3. The average Bonchev–Trinajstić information content (AvgIpc) is 3.13. The Morgan fingerprint density at radius 1 is 1.08 bits per heavy atom. The molecule has 0 atom stereocenters. The average molecular weight is 369 g/mol. The van der Waals surface area contributed by atoms with Gasteiger partial charge < -0.3 is 15.2 Å². The van der Waals surface area contributed by atoms with Crippen molar-refractivity contribution < 1.29 is 19.1 Å². The molecule has 132 valence electrons. The second-order valence-corrected chi connectivity index (χ2v) is 6.15. The molecule has 0 radical (unpaired) electrons. The quantitative estimate of drug-likeness (QED) is 0.642. The number of primary amides is 1. The third-order valence-corrected chi connectivity index (χ3v) is 4.18. The lowest BCUT2D eigenvalue weighted by atomic mass is 10.2. The van der Waals surface area contributed by atoms with Crippen LogP contribution in [-0.4, -0.2) is 21.8 Å². The number of rotatable bonds is 7. The first kappa shape index (κ1) is 17.6. The number of nitrogens with zero attached hydrogens (tertiary/aromatic N) is 2. The van der Waals surface area contributed by atoms with E-state index in [1.165, 1.54) is 29.7 Å². The zero-order chi connectivity index (χ0) is 18.4. The summed E-state index contributed by atoms with van der Waals surface area (Å²) in [5.41, 5.74) is 6.06. The van der Waals surface area contributed by atoms with Gasteiger partial charge in [0.25, 0.3) is 5.91 Å². The number of esters is 1. The Bertz CT molecular complexity index is 894. The maximum atomic E-state index is 12.0. The number of pyridine rings is 1. The SMILES string of the molecule is NC(=O)c1ccc(C(=O)OCc2csc(COc3ccccc3)n2)cn1. The van der Waals surface area contributed by atoms with Crippen molar-refractivity contribution in [3.63, 3.8) is 0 Å². The number of amides is 1. The summed E-state index contributed by atoms with van der Waals surface area (Å²) in [6.45, 7) is 0.388. The number of carbonyl (C=O) groups excluding carboxylic acids is 2. The summed E-state index contributed by atoms with van der Waals surface area (Å²) in [5, 5.41) is 2.60. The van der Waals surface area contributed by atoms with E-state index in [4.69, 9.17) is 15.2 Å². The summed E-state index contributed by atoms with van der Waals surface area (Å²) < 4.78 is 10.8. The van der Waals surface area contributed by atoms with Crippen LogP contribution in [0.3, 0.4) is 0 Å². The van der Waals surface area contributed by atoms with Gasteiger partial charge in [0.05, 0.1) is 11.3 Å². The van der Waals surface area contributed by atoms with Crippen LogP contribution in [0.1, 0.15) is 31.5 Å². The lowest BCUT2D eigenvalue weighted by molar-refractivity contribution is 0.0467. The van der Waals surface area contributed by atoms with E-state index in [0.717, 1.165) is 10.8 Å². The van der Waals surface area contributed by atoms with Crippen LogP contribution in [0.15, 0.2) is 54.0 Å². The highest BCUT2D eigenvalue weighted by atomic mass is 32.1. The maximum Gasteiger partial charge on any atom is 0.340 e. The maximum absolute atomic E-state index is 12.0. The third kappa shape index (κ3) is 4.64. The first-order chi connectivity index (χ1) is 12.6. The Morgan fingerprint density at radius 2 is 1.88 bits per heavy atom. The molecule has 0 fully saturated rings. The number of hydrogen-bond acceptors (Lipinski definition) is 7. The zero-order valence-corrected chi connectivity index (χ0v) is 14.4. The minimum absolute atomic E-state index is 0.0399. The Balaban J connectivity index is 1.51. The molecule has 0 saturated carbocycles. The monoisotopic (exact) mass is 369 g/mol. The number of para-hydroxylation sites is 1. The molecule has 2 heterocycles. The van der Waals surface area contributed by atoms with Crippen LogP contribution in [0, 0.1) is 0 Å². The van der Waals surface area contributed by atoms with Crippen molar-refractivity contribution in [2.75, 3.05) is 0 Å². The molecule has 1 amide bonds. The van der Waals surface area contributed by atoms with E-state index in [2.05, 4.69) is 9.97 Å². The number of hydrogen-bond donors (Lipinski definition) is 1. The zero-order valence-electron chi connectivity index (χ0n) is 13.6. The highest BCUT2D eigenvalue weighted by Gasteiger charge is 2.11. The molecule has 1 aromatic carbocycles. The Hall–Kier alpha value is -3.26. The molecular formula is C18H15N3O4S. The third-order valence-electron chi connectivity index (χ3n) is 3.31. The van der Waals surface area contributed by atoms with Crippen molar-refractivity contribution in [3.05, 3.63) is 76.0 Å². The lowest BCUT2D eigenvalue weighted by Crippen LogP contribution is -2.14. The van der Waals surface area contributed by atoms with Crippen LogP contribution >= 0.6 is 11.3 Å². The fourth-order valence-electron chi connectivity index (χ4n) is 2.03. The van der Waals surface area contributed by atoms with Crippen molar-refractivity contribution in [2.45, 2.75) is 13.2 Å². The van der Waals surface area contributed by atoms with Crippen molar-refractivity contribution >= 4 is 23.2 Å². The summed E-state index contributed by atoms with van der Waals surface area (Å²) in [6.07, 6.45) is 1.25. The summed E-state index contributed by atoms with van der Waals surface area (Å²) in [4.78, 5) is 31.1. The predicted molar refractivity (Wildman–Crippen MR) is 94.8 cm³/mol. The molecule has 0 bridgehead atoms. The van der Waals surface area contributed by atoms with Crippen LogP contribution in [0.5, 0.6) is 5.75 Å². The van der Waals surface area contributed by atoms with Crippen LogP contribution in [-0.2, 0) is 18.0 Å². The highest BCUT2D eigenvalue weighted by Crippen LogP contribution is 2.16. The second-order valence-electron chi connectivity index (χ2n) is 5.21. The molecule has 0 aliphatic rings. The van der Waals surface area contributed by atoms with Gasteiger partial charge in [-0.15, -0.1) is 11.3 Å². The van der Waals surface area contributed by atoms with Crippen LogP contribution in [0.4, 0.5) is 0 Å². The standard InChI is InChI=1S/C18H15N3O4S/c19-17(22)15-7-6-12(8-20-15)18(23)25-9-13-11-26-16(21-13)10-24-14-4-2-1-3-5-14/h1-8,11H,9-10H2,(H2,19,22). The van der Waals surface area contributed by atoms with Gasteiger partial charge in [-0.1, -0.05) is 18.2 Å². The van der Waals surface area contributed by atoms with Crippen molar-refractivity contribution in [3.8, 4) is 5.75 Å². The largest absolute Gasteiger partial charge is 0.486 e. The van der Waals surface area contributed by atoms with E-state index in [1.54, 1.807) is 0 Å². The van der Waals surface area contributed by atoms with Crippen molar-refractivity contribution in [2.24, 2.45) is 5.73 Å². The molecular weight excluding hydrogens is 354 g/mol. The highest BCUT2D eigenvalue weighted by molar-refractivity contribution is 7.09. The van der Waals surface area contributed by atoms with Gasteiger partial charge in [-0.3, -0.25) is 9.78 Å². The van der Waals surface area contributed by atoms with Crippen molar-refractivity contribution in [1.82, 2.24) is 9.97 Å². The first-order valence-corrected chi connectivity index (χ1v) is 8.54. The molecule has 0 aliphatic heterocycles. The first-order valence-electron chi connectivity index (χ1n) is 7.66. The summed E-state index contributed by atoms with van der Waals surface area (Å²) in [6, 6.07) is 12.3. The fourth-order valence-corrected chi connectivity index (χ4v) is 2.72. The molecule has 0 spiro atoms. The molecule has 26 heavy (non-hydrogen) atoms. The minimum atomic E-state index is -0.655. The Kier molecular flexibility index (Phi) is 5.55. The van der Waals surface area contributed by atoms with Crippen LogP contribution < -0.4 is 10.5 Å². The van der Waals surface area contributed by atoms with E-state index < -0.39 is 11.9 Å². The number of carbonyl (C=O) groups is 2. The van der Waals surface area contributed by atoms with Crippen molar-refractivity contribution in [1.29, 1.82) is 0 Å². The van der Waals surface area contributed by atoms with Gasteiger partial charge in [0.15, 0.2) is 0 Å². The topological polar surface area (TPSA) is 104 Å². The van der Waals surface area contributed by atoms with E-state index >= 15 is 0 Å². The molecule has 2 N–H and O–H groups in total. The molecule has 0 unspecified atom stereocenters. The van der Waals surface area contributed by atoms with E-state index in [9.17, 15) is 9.59 Å².